The number of hydrogen-bond acceptors (Lipinski definition) is 32. The zero-order valence-corrected chi connectivity index (χ0v) is 48.0. The smallest absolute Gasteiger partial charge is 0.314 e. The fourth-order valence-corrected chi connectivity index (χ4v) is 16.1. The Labute approximate surface area is 498 Å². The quantitative estimate of drug-likeness (QED) is 0.0365. The van der Waals surface area contributed by atoms with E-state index in [2.05, 4.69) is 13.5 Å². The molecule has 0 amide bonds. The molecule has 1 spiro atoms. The van der Waals surface area contributed by atoms with Crippen LogP contribution in [0.1, 0.15) is 71.6 Å². The van der Waals surface area contributed by atoms with Gasteiger partial charge in [0.1, 0.15) is 134 Å². The third-order valence-corrected chi connectivity index (χ3v) is 20.9. The molecule has 35 atom stereocenters. The summed E-state index contributed by atoms with van der Waals surface area (Å²) in [5, 5.41) is 204. The molecule has 0 radical (unpaired) electrons. The Hall–Kier alpha value is -1.99. The molecule has 6 saturated heterocycles. The van der Waals surface area contributed by atoms with E-state index in [1.165, 1.54) is 0 Å². The molecule has 2 bridgehead atoms. The molecule has 4 aliphatic carbocycles. The summed E-state index contributed by atoms with van der Waals surface area (Å²) in [6.45, 7) is 3.49. The molecule has 0 aromatic carbocycles. The molecule has 32 nitrogen and oxygen atoms in total. The Morgan fingerprint density at radius 2 is 0.885 bits per heavy atom. The van der Waals surface area contributed by atoms with Crippen LogP contribution in [0.25, 0.3) is 0 Å². The molecule has 19 N–H and O–H groups in total. The molecule has 0 aromatic rings. The van der Waals surface area contributed by atoms with E-state index in [0.29, 0.717) is 50.5 Å². The first-order valence-corrected chi connectivity index (χ1v) is 29.8. The maximum Gasteiger partial charge on any atom is 0.314 e. The van der Waals surface area contributed by atoms with E-state index in [1.54, 1.807) is 6.92 Å². The third kappa shape index (κ3) is 12.0. The molecule has 0 unspecified atom stereocenters. The Morgan fingerprint density at radius 1 is 0.471 bits per heavy atom. The fourth-order valence-electron chi connectivity index (χ4n) is 16.1. The maximum absolute atomic E-state index is 15.4. The van der Waals surface area contributed by atoms with Crippen molar-refractivity contribution in [3.63, 3.8) is 0 Å². The zero-order valence-electron chi connectivity index (χ0n) is 48.0. The molecule has 500 valence electrons. The van der Waals surface area contributed by atoms with Gasteiger partial charge in [0.2, 0.25) is 6.29 Å². The number of rotatable bonds is 17. The summed E-state index contributed by atoms with van der Waals surface area (Å²) < 4.78 is 72.8. The van der Waals surface area contributed by atoms with Crippen molar-refractivity contribution in [1.29, 1.82) is 0 Å². The van der Waals surface area contributed by atoms with Gasteiger partial charge >= 0.3 is 5.97 Å². The van der Waals surface area contributed by atoms with Gasteiger partial charge < -0.3 is 154 Å². The van der Waals surface area contributed by atoms with Gasteiger partial charge in [-0.2, -0.15) is 0 Å². The first-order chi connectivity index (χ1) is 41.2. The van der Waals surface area contributed by atoms with Gasteiger partial charge in [-0.1, -0.05) is 19.9 Å². The van der Waals surface area contributed by atoms with Crippen LogP contribution >= 0.6 is 0 Å². The summed E-state index contributed by atoms with van der Waals surface area (Å²) in [5.41, 5.74) is -3.10. The lowest BCUT2D eigenvalue weighted by Crippen LogP contribution is -2.68. The topological polar surface area (TPSA) is 512 Å². The highest BCUT2D eigenvalue weighted by Crippen LogP contribution is 2.74. The molecule has 4 saturated carbocycles. The maximum atomic E-state index is 15.4. The molecule has 10 rings (SSSR count). The number of hydrogen-bond donors (Lipinski definition) is 19. The minimum absolute atomic E-state index is 0.131. The monoisotopic (exact) mass is 1260 g/mol. The number of esters is 1. The van der Waals surface area contributed by atoms with Crippen LogP contribution in [0, 0.1) is 28.1 Å². The number of carbonyl (C=O) groups excluding carboxylic acids is 1. The Morgan fingerprint density at radius 3 is 1.38 bits per heavy atom. The summed E-state index contributed by atoms with van der Waals surface area (Å²) in [6, 6.07) is 0. The zero-order chi connectivity index (χ0) is 63.1. The van der Waals surface area contributed by atoms with Crippen LogP contribution in [0.5, 0.6) is 0 Å². The lowest BCUT2D eigenvalue weighted by Gasteiger charge is -2.64. The lowest BCUT2D eigenvalue weighted by atomic mass is 9.41. The largest absolute Gasteiger partial charge is 0.432 e. The number of ether oxygens (including phenoxy) is 12. The summed E-state index contributed by atoms with van der Waals surface area (Å²) in [4.78, 5) is 15.4. The van der Waals surface area contributed by atoms with Gasteiger partial charge in [0, 0.05) is 0 Å². The highest BCUT2D eigenvalue weighted by molar-refractivity contribution is 5.77. The van der Waals surface area contributed by atoms with E-state index >= 15 is 4.79 Å². The third-order valence-electron chi connectivity index (χ3n) is 20.9. The highest BCUT2D eigenvalue weighted by atomic mass is 16.8. The molecular weight excluding hydrogens is 1170 g/mol. The Kier molecular flexibility index (Phi) is 20.6. The van der Waals surface area contributed by atoms with Crippen molar-refractivity contribution in [2.24, 2.45) is 28.1 Å². The summed E-state index contributed by atoms with van der Waals surface area (Å²) in [5.74, 6) is -1.38. The summed E-state index contributed by atoms with van der Waals surface area (Å²) >= 11 is 0. The number of aliphatic hydroxyl groups is 19. The highest BCUT2D eigenvalue weighted by Gasteiger charge is 2.70. The SMILES string of the molecule is C=C1C[C@@]23CC[C@H]4[C@@](C)(CCC[C@@]4(C)C(=O)O[C@@H]4O[C@H](CO)[C@@H](O)[C@H](O[C@@H]5O[C@H](CO)[C@@H](O)[C@H](O)[C@H]5O)[C@H]4O[C@@H]4O[C@H](CO)[C@@H](O)[C@H](O)[C@H]4O)[C@@H]2CC[C@]1(O[C@@H]1O[C@H](CO)[C@@H](O)[C@H](O[C@@H]2OC[C@@H](O)[C@H](O)[C@H]2O)[C@H]1O[C@@H]1O[C@H](CO)[C@@H](O)[C@H](O)[C@H]1O)C3. The Balaban J connectivity index is 0.917. The second kappa shape index (κ2) is 26.4. The minimum atomic E-state index is -2.07. The number of aliphatic hydroxyl groups excluding tert-OH is 19. The van der Waals surface area contributed by atoms with Crippen LogP contribution in [0.2, 0.25) is 0 Å². The van der Waals surface area contributed by atoms with E-state index in [-0.39, 0.29) is 18.8 Å². The van der Waals surface area contributed by atoms with Gasteiger partial charge in [-0.05, 0) is 86.5 Å². The van der Waals surface area contributed by atoms with E-state index in [1.807, 2.05) is 0 Å². The molecule has 10 fully saturated rings. The van der Waals surface area contributed by atoms with E-state index in [4.69, 9.17) is 56.8 Å². The van der Waals surface area contributed by atoms with Crippen molar-refractivity contribution < 1.29 is 159 Å². The molecule has 6 heterocycles. The van der Waals surface area contributed by atoms with E-state index < -0.39 is 252 Å². The van der Waals surface area contributed by atoms with Gasteiger partial charge in [-0.15, -0.1) is 0 Å². The fraction of sp³-hybridized carbons (Fsp3) is 0.945. The Bertz CT molecular complexity index is 2340. The predicted octanol–water partition coefficient (Wildman–Crippen LogP) is -8.83. The minimum Gasteiger partial charge on any atom is -0.432 e. The number of fused-ring (bicyclic) bond motifs is 3. The summed E-state index contributed by atoms with van der Waals surface area (Å²) in [7, 11) is 0. The van der Waals surface area contributed by atoms with Crippen molar-refractivity contribution in [1.82, 2.24) is 0 Å². The molecular formula is C55H88O32. The lowest BCUT2D eigenvalue weighted by molar-refractivity contribution is -0.396. The standard InChI is InChI=1S/C55H88O32/c1-19-11-54-9-5-26-52(2,27(54)6-10-55(19,18-54)87-50-44(85-48-40(74)36(70)31(65)23(14-58)79-48)42(33(67)25(16-60)81-50)82-45-37(71)28(62)20(61)17-76-45)7-4-8-53(26,3)51(75)86-49-43(84-47-39(73)35(69)30(64)22(13-57)78-47)41(32(66)24(15-59)80-49)83-46-38(72)34(68)29(63)21(12-56)77-46/h20-50,56-74H,1,4-18H2,2-3H3/t20-,21-,22-,23-,24-,25-,26+,27+,28+,29-,30-,31-,32-,33-,34+,35+,36+,37-,38-,39-,40-,41+,42+,43-,44-,45+,46+,47+,48+,49+,50+,52-,53-,54-,55+/m1/s1. The van der Waals surface area contributed by atoms with Crippen LogP contribution in [0.3, 0.4) is 0 Å². The average Bonchev–Trinajstić information content (AvgIpc) is 2.44. The summed E-state index contributed by atoms with van der Waals surface area (Å²) in [6.07, 6.45) is -48.8. The first-order valence-electron chi connectivity index (χ1n) is 29.8. The van der Waals surface area contributed by atoms with E-state index in [0.717, 1.165) is 0 Å². The molecule has 6 aliphatic heterocycles. The van der Waals surface area contributed by atoms with Crippen molar-refractivity contribution in [3.05, 3.63) is 12.2 Å². The number of carbonyl (C=O) groups is 1. The second-order valence-corrected chi connectivity index (χ2v) is 26.0. The van der Waals surface area contributed by atoms with E-state index in [9.17, 15) is 97.0 Å². The molecule has 0 aromatic heterocycles. The van der Waals surface area contributed by atoms with Crippen molar-refractivity contribution in [2.75, 3.05) is 39.6 Å². The normalized spacial score (nSPS) is 54.6. The van der Waals surface area contributed by atoms with Crippen LogP contribution in [-0.2, 0) is 61.6 Å². The van der Waals surface area contributed by atoms with Gasteiger partial charge in [0.15, 0.2) is 37.6 Å². The van der Waals surface area contributed by atoms with Crippen LogP contribution < -0.4 is 0 Å². The van der Waals surface area contributed by atoms with Crippen LogP contribution in [0.15, 0.2) is 12.2 Å². The van der Waals surface area contributed by atoms with Gasteiger partial charge in [-0.25, -0.2) is 0 Å². The molecule has 87 heavy (non-hydrogen) atoms. The molecule has 32 heteroatoms. The van der Waals surface area contributed by atoms with Crippen LogP contribution in [-0.4, -0.2) is 326 Å². The van der Waals surface area contributed by atoms with Crippen molar-refractivity contribution >= 4 is 5.97 Å². The first kappa shape index (κ1) is 67.9. The second-order valence-electron chi connectivity index (χ2n) is 26.0. The van der Waals surface area contributed by atoms with Gasteiger partial charge in [-0.3, -0.25) is 4.79 Å². The van der Waals surface area contributed by atoms with Gasteiger partial charge in [0.25, 0.3) is 0 Å². The molecule has 10 aliphatic rings. The van der Waals surface area contributed by atoms with Crippen molar-refractivity contribution in [2.45, 2.75) is 255 Å². The van der Waals surface area contributed by atoms with Crippen LogP contribution in [0.4, 0.5) is 0 Å². The van der Waals surface area contributed by atoms with Crippen molar-refractivity contribution in [3.8, 4) is 0 Å². The average molecular weight is 1260 g/mol. The van der Waals surface area contributed by atoms with Gasteiger partial charge in [0.05, 0.1) is 50.7 Å². The predicted molar refractivity (Wildman–Crippen MR) is 278 cm³/mol.